The molecule has 1 N–H and O–H groups in total. The lowest BCUT2D eigenvalue weighted by Crippen LogP contribution is -2.38. The molecule has 0 radical (unpaired) electrons. The highest BCUT2D eigenvalue weighted by atomic mass is 32.2. The minimum absolute atomic E-state index is 0.00725. The van der Waals surface area contributed by atoms with E-state index in [2.05, 4.69) is 25.4 Å². The van der Waals surface area contributed by atoms with E-state index < -0.39 is 0 Å². The summed E-state index contributed by atoms with van der Waals surface area (Å²) in [6, 6.07) is 0. The monoisotopic (exact) mass is 215 g/mol. The Labute approximate surface area is 91.5 Å². The second-order valence-corrected chi connectivity index (χ2v) is 4.59. The maximum Gasteiger partial charge on any atom is 0.243 e. The smallest absolute Gasteiger partial charge is 0.243 e. The van der Waals surface area contributed by atoms with Crippen LogP contribution in [0, 0.1) is 0 Å². The molecule has 0 bridgehead atoms. The van der Waals surface area contributed by atoms with Gasteiger partial charge in [0.15, 0.2) is 0 Å². The molecule has 1 amide bonds. The standard InChI is InChI=1S/C11H21NOS/c1-5-8-10(13)12-9-11(6-2,7-3)14-4/h5,8H,6-7,9H2,1-4H3,(H,12,13)/b8-5+. The molecule has 0 unspecified atom stereocenters. The van der Waals surface area contributed by atoms with E-state index in [0.29, 0.717) is 0 Å². The summed E-state index contributed by atoms with van der Waals surface area (Å²) in [5.41, 5.74) is 0. The maximum absolute atomic E-state index is 11.2. The molecule has 0 aromatic heterocycles. The quantitative estimate of drug-likeness (QED) is 0.690. The van der Waals surface area contributed by atoms with Crippen LogP contribution in [0.1, 0.15) is 33.6 Å². The Bertz CT molecular complexity index is 189. The Morgan fingerprint density at radius 1 is 1.43 bits per heavy atom. The summed E-state index contributed by atoms with van der Waals surface area (Å²) in [5.74, 6) is 0.00725. The highest BCUT2D eigenvalue weighted by Crippen LogP contribution is 2.29. The highest BCUT2D eigenvalue weighted by molar-refractivity contribution is 8.00. The van der Waals surface area contributed by atoms with Crippen molar-refractivity contribution in [2.24, 2.45) is 0 Å². The number of carbonyl (C=O) groups excluding carboxylic acids is 1. The summed E-state index contributed by atoms with van der Waals surface area (Å²) in [5, 5.41) is 2.93. The molecule has 0 aliphatic heterocycles. The van der Waals surface area contributed by atoms with Crippen LogP contribution in [0.4, 0.5) is 0 Å². The first-order valence-electron chi connectivity index (χ1n) is 5.09. The summed E-state index contributed by atoms with van der Waals surface area (Å²) >= 11 is 1.84. The predicted octanol–water partition coefficient (Wildman–Crippen LogP) is 2.60. The largest absolute Gasteiger partial charge is 0.351 e. The topological polar surface area (TPSA) is 29.1 Å². The van der Waals surface area contributed by atoms with Gasteiger partial charge in [0.05, 0.1) is 0 Å². The van der Waals surface area contributed by atoms with Crippen LogP contribution < -0.4 is 5.32 Å². The number of hydrogen-bond donors (Lipinski definition) is 1. The van der Waals surface area contributed by atoms with E-state index in [1.165, 1.54) is 0 Å². The van der Waals surface area contributed by atoms with E-state index in [1.54, 1.807) is 12.2 Å². The SMILES string of the molecule is C/C=C/C(=O)NCC(CC)(CC)SC. The van der Waals surface area contributed by atoms with Gasteiger partial charge in [-0.1, -0.05) is 19.9 Å². The van der Waals surface area contributed by atoms with Crippen LogP contribution in [0.25, 0.3) is 0 Å². The van der Waals surface area contributed by atoms with Crippen molar-refractivity contribution in [3.63, 3.8) is 0 Å². The molecule has 0 aliphatic rings. The molecule has 0 fully saturated rings. The minimum Gasteiger partial charge on any atom is -0.351 e. The second-order valence-electron chi connectivity index (χ2n) is 3.31. The number of nitrogens with one attached hydrogen (secondary N) is 1. The number of amides is 1. The normalized spacial score (nSPS) is 12.0. The average Bonchev–Trinajstić information content (AvgIpc) is 2.21. The first kappa shape index (κ1) is 13.6. The lowest BCUT2D eigenvalue weighted by atomic mass is 10.0. The molecule has 0 aliphatic carbocycles. The zero-order valence-electron chi connectivity index (χ0n) is 9.59. The zero-order chi connectivity index (χ0) is 11.0. The van der Waals surface area contributed by atoms with Gasteiger partial charge in [-0.05, 0) is 32.1 Å². The molecule has 14 heavy (non-hydrogen) atoms. The van der Waals surface area contributed by atoms with E-state index in [-0.39, 0.29) is 10.7 Å². The first-order valence-corrected chi connectivity index (χ1v) is 6.32. The summed E-state index contributed by atoms with van der Waals surface area (Å²) in [6.45, 7) is 6.94. The van der Waals surface area contributed by atoms with Crippen LogP contribution in [0.2, 0.25) is 0 Å². The summed E-state index contributed by atoms with van der Waals surface area (Å²) in [6.07, 6.45) is 7.60. The summed E-state index contributed by atoms with van der Waals surface area (Å²) < 4.78 is 0.206. The molecular weight excluding hydrogens is 194 g/mol. The third kappa shape index (κ3) is 4.18. The van der Waals surface area contributed by atoms with Gasteiger partial charge < -0.3 is 5.32 Å². The van der Waals surface area contributed by atoms with Crippen LogP contribution >= 0.6 is 11.8 Å². The molecule has 0 heterocycles. The van der Waals surface area contributed by atoms with Crippen molar-refractivity contribution in [3.05, 3.63) is 12.2 Å². The van der Waals surface area contributed by atoms with Gasteiger partial charge in [0, 0.05) is 11.3 Å². The van der Waals surface area contributed by atoms with E-state index in [1.807, 2.05) is 18.7 Å². The van der Waals surface area contributed by atoms with Crippen molar-refractivity contribution in [2.45, 2.75) is 38.4 Å². The fraction of sp³-hybridized carbons (Fsp3) is 0.727. The Morgan fingerprint density at radius 2 is 2.00 bits per heavy atom. The third-order valence-corrected chi connectivity index (χ3v) is 4.21. The van der Waals surface area contributed by atoms with Gasteiger partial charge in [0.2, 0.25) is 5.91 Å². The number of thioether (sulfide) groups is 1. The van der Waals surface area contributed by atoms with Crippen LogP contribution in [0.3, 0.4) is 0 Å². The van der Waals surface area contributed by atoms with Crippen molar-refractivity contribution in [3.8, 4) is 0 Å². The number of rotatable bonds is 6. The lowest BCUT2D eigenvalue weighted by molar-refractivity contribution is -0.116. The van der Waals surface area contributed by atoms with Gasteiger partial charge in [-0.2, -0.15) is 11.8 Å². The molecule has 0 atom stereocenters. The number of carbonyl (C=O) groups is 1. The molecule has 0 spiro atoms. The lowest BCUT2D eigenvalue weighted by Gasteiger charge is -2.29. The van der Waals surface area contributed by atoms with Crippen molar-refractivity contribution in [1.82, 2.24) is 5.32 Å². The summed E-state index contributed by atoms with van der Waals surface area (Å²) in [7, 11) is 0. The molecule has 0 saturated carbocycles. The Hall–Kier alpha value is -0.440. The predicted molar refractivity (Wildman–Crippen MR) is 64.7 cm³/mol. The third-order valence-electron chi connectivity index (χ3n) is 2.62. The Morgan fingerprint density at radius 3 is 2.36 bits per heavy atom. The van der Waals surface area contributed by atoms with Crippen molar-refractivity contribution >= 4 is 17.7 Å². The fourth-order valence-electron chi connectivity index (χ4n) is 1.32. The molecule has 82 valence electrons. The number of allylic oxidation sites excluding steroid dienone is 1. The van der Waals surface area contributed by atoms with Gasteiger partial charge in [-0.3, -0.25) is 4.79 Å². The van der Waals surface area contributed by atoms with Gasteiger partial charge in [0.25, 0.3) is 0 Å². The van der Waals surface area contributed by atoms with Crippen LogP contribution in [-0.2, 0) is 4.79 Å². The average molecular weight is 215 g/mol. The van der Waals surface area contributed by atoms with Gasteiger partial charge in [-0.25, -0.2) is 0 Å². The zero-order valence-corrected chi connectivity index (χ0v) is 10.4. The Kier molecular flexibility index (Phi) is 6.71. The molecule has 0 rings (SSSR count). The van der Waals surface area contributed by atoms with E-state index >= 15 is 0 Å². The minimum atomic E-state index is 0.00725. The van der Waals surface area contributed by atoms with Gasteiger partial charge in [-0.15, -0.1) is 0 Å². The Balaban J connectivity index is 4.12. The van der Waals surface area contributed by atoms with Crippen LogP contribution in [0.5, 0.6) is 0 Å². The molecule has 3 heteroatoms. The van der Waals surface area contributed by atoms with E-state index in [0.717, 1.165) is 19.4 Å². The molecule has 0 aromatic rings. The number of hydrogen-bond acceptors (Lipinski definition) is 2. The molecule has 0 saturated heterocycles. The van der Waals surface area contributed by atoms with Crippen LogP contribution in [0.15, 0.2) is 12.2 Å². The summed E-state index contributed by atoms with van der Waals surface area (Å²) in [4.78, 5) is 11.2. The van der Waals surface area contributed by atoms with Crippen molar-refractivity contribution < 1.29 is 4.79 Å². The molecule has 0 aromatic carbocycles. The molecular formula is C11H21NOS. The second kappa shape index (κ2) is 6.93. The first-order chi connectivity index (χ1) is 6.64. The molecule has 2 nitrogen and oxygen atoms in total. The van der Waals surface area contributed by atoms with E-state index in [4.69, 9.17) is 0 Å². The van der Waals surface area contributed by atoms with Gasteiger partial charge in [0.1, 0.15) is 0 Å². The fourth-order valence-corrected chi connectivity index (χ4v) is 2.11. The van der Waals surface area contributed by atoms with Crippen molar-refractivity contribution in [2.75, 3.05) is 12.8 Å². The van der Waals surface area contributed by atoms with Crippen molar-refractivity contribution in [1.29, 1.82) is 0 Å². The maximum atomic E-state index is 11.2. The highest BCUT2D eigenvalue weighted by Gasteiger charge is 2.24. The van der Waals surface area contributed by atoms with E-state index in [9.17, 15) is 4.79 Å². The van der Waals surface area contributed by atoms with Crippen LogP contribution in [-0.4, -0.2) is 23.5 Å². The van der Waals surface area contributed by atoms with Gasteiger partial charge >= 0.3 is 0 Å².